The standard InChI is InChI=1S/C13H9N5O2/c1-18(12-4-8(6-14)16-13(19)17-12)9-2-3-10-11(5-9)20-7-15-10/h2-5,7H,1H3,(H,16,17,19). The summed E-state index contributed by atoms with van der Waals surface area (Å²) in [5, 5.41) is 8.86. The topological polar surface area (TPSA) is 98.8 Å². The number of nitriles is 1. The first-order valence-electron chi connectivity index (χ1n) is 5.76. The zero-order valence-corrected chi connectivity index (χ0v) is 10.5. The highest BCUT2D eigenvalue weighted by Crippen LogP contribution is 2.25. The van der Waals surface area contributed by atoms with E-state index in [1.54, 1.807) is 18.0 Å². The van der Waals surface area contributed by atoms with Gasteiger partial charge >= 0.3 is 5.69 Å². The summed E-state index contributed by atoms with van der Waals surface area (Å²) in [6.45, 7) is 0. The minimum absolute atomic E-state index is 0.160. The molecule has 0 fully saturated rings. The molecule has 3 rings (SSSR count). The van der Waals surface area contributed by atoms with Crippen LogP contribution >= 0.6 is 0 Å². The van der Waals surface area contributed by atoms with E-state index >= 15 is 0 Å². The van der Waals surface area contributed by atoms with E-state index in [0.29, 0.717) is 11.4 Å². The Labute approximate surface area is 113 Å². The van der Waals surface area contributed by atoms with E-state index in [1.165, 1.54) is 12.5 Å². The van der Waals surface area contributed by atoms with Gasteiger partial charge in [0, 0.05) is 24.9 Å². The SMILES string of the molecule is CN(c1ccc2ncoc2c1)c1cc(C#N)[nH]c(=O)n1. The molecule has 0 amide bonds. The molecule has 0 saturated carbocycles. The number of hydrogen-bond donors (Lipinski definition) is 1. The molecule has 7 heteroatoms. The van der Waals surface area contributed by atoms with Crippen molar-refractivity contribution >= 4 is 22.6 Å². The highest BCUT2D eigenvalue weighted by molar-refractivity contribution is 5.78. The van der Waals surface area contributed by atoms with Gasteiger partial charge in [0.2, 0.25) is 0 Å². The van der Waals surface area contributed by atoms with Crippen LogP contribution in [0, 0.1) is 11.3 Å². The molecule has 0 radical (unpaired) electrons. The molecule has 1 aromatic carbocycles. The third-order valence-electron chi connectivity index (χ3n) is 2.90. The first-order chi connectivity index (χ1) is 9.67. The van der Waals surface area contributed by atoms with Crippen LogP contribution in [0.15, 0.2) is 39.9 Å². The van der Waals surface area contributed by atoms with Gasteiger partial charge in [-0.05, 0) is 12.1 Å². The second-order valence-electron chi connectivity index (χ2n) is 4.13. The van der Waals surface area contributed by atoms with Crippen molar-refractivity contribution in [1.29, 1.82) is 5.26 Å². The summed E-state index contributed by atoms with van der Waals surface area (Å²) < 4.78 is 5.23. The van der Waals surface area contributed by atoms with Crippen LogP contribution in [0.3, 0.4) is 0 Å². The fraction of sp³-hybridized carbons (Fsp3) is 0.0769. The van der Waals surface area contributed by atoms with Crippen molar-refractivity contribution in [3.8, 4) is 6.07 Å². The quantitative estimate of drug-likeness (QED) is 0.756. The Bertz CT molecular complexity index is 874. The number of fused-ring (bicyclic) bond motifs is 1. The molecule has 1 N–H and O–H groups in total. The van der Waals surface area contributed by atoms with Crippen LogP contribution in [0.1, 0.15) is 5.69 Å². The number of anilines is 2. The van der Waals surface area contributed by atoms with Crippen molar-refractivity contribution in [2.45, 2.75) is 0 Å². The molecule has 0 bridgehead atoms. The largest absolute Gasteiger partial charge is 0.443 e. The van der Waals surface area contributed by atoms with Crippen LogP contribution in [-0.4, -0.2) is 22.0 Å². The van der Waals surface area contributed by atoms with E-state index in [4.69, 9.17) is 9.68 Å². The zero-order valence-electron chi connectivity index (χ0n) is 10.5. The summed E-state index contributed by atoms with van der Waals surface area (Å²) >= 11 is 0. The van der Waals surface area contributed by atoms with E-state index in [2.05, 4.69) is 15.0 Å². The summed E-state index contributed by atoms with van der Waals surface area (Å²) in [5.41, 5.74) is 1.76. The molecule has 2 aromatic heterocycles. The number of rotatable bonds is 2. The van der Waals surface area contributed by atoms with Gasteiger partial charge < -0.3 is 9.32 Å². The van der Waals surface area contributed by atoms with E-state index < -0.39 is 5.69 Å². The van der Waals surface area contributed by atoms with Gasteiger partial charge in [-0.1, -0.05) is 0 Å². The molecule has 20 heavy (non-hydrogen) atoms. The summed E-state index contributed by atoms with van der Waals surface area (Å²) in [5.74, 6) is 0.379. The van der Waals surface area contributed by atoms with Gasteiger partial charge in [0.05, 0.1) is 0 Å². The Morgan fingerprint density at radius 3 is 3.05 bits per heavy atom. The Morgan fingerprint density at radius 2 is 2.25 bits per heavy atom. The van der Waals surface area contributed by atoms with Crippen LogP contribution in [0.2, 0.25) is 0 Å². The number of H-pyrrole nitrogens is 1. The molecule has 0 spiro atoms. The lowest BCUT2D eigenvalue weighted by atomic mass is 10.2. The fourth-order valence-corrected chi connectivity index (χ4v) is 1.86. The van der Waals surface area contributed by atoms with E-state index in [0.717, 1.165) is 11.2 Å². The number of hydrogen-bond acceptors (Lipinski definition) is 6. The highest BCUT2D eigenvalue weighted by atomic mass is 16.3. The minimum atomic E-state index is -0.563. The molecule has 0 aliphatic rings. The summed E-state index contributed by atoms with van der Waals surface area (Å²) in [6, 6.07) is 8.83. The van der Waals surface area contributed by atoms with Gasteiger partial charge in [0.1, 0.15) is 23.1 Å². The highest BCUT2D eigenvalue weighted by Gasteiger charge is 2.10. The molecule has 0 unspecified atom stereocenters. The molecule has 7 nitrogen and oxygen atoms in total. The monoisotopic (exact) mass is 267 g/mol. The van der Waals surface area contributed by atoms with Crippen molar-refractivity contribution in [2.24, 2.45) is 0 Å². The second-order valence-corrected chi connectivity index (χ2v) is 4.13. The number of benzene rings is 1. The minimum Gasteiger partial charge on any atom is -0.443 e. The van der Waals surface area contributed by atoms with Crippen LogP contribution in [-0.2, 0) is 0 Å². The molecule has 3 aromatic rings. The molecule has 0 aliphatic heterocycles. The lowest BCUT2D eigenvalue weighted by Gasteiger charge is -2.17. The van der Waals surface area contributed by atoms with Crippen molar-refractivity contribution in [3.05, 3.63) is 46.8 Å². The first kappa shape index (κ1) is 11.9. The molecular weight excluding hydrogens is 258 g/mol. The van der Waals surface area contributed by atoms with E-state index in [-0.39, 0.29) is 5.69 Å². The van der Waals surface area contributed by atoms with Crippen LogP contribution in [0.4, 0.5) is 11.5 Å². The molecule has 98 valence electrons. The van der Waals surface area contributed by atoms with Crippen molar-refractivity contribution in [2.75, 3.05) is 11.9 Å². The van der Waals surface area contributed by atoms with Gasteiger partial charge in [0.15, 0.2) is 12.0 Å². The number of aromatic amines is 1. The third kappa shape index (κ3) is 1.99. The lowest BCUT2D eigenvalue weighted by Crippen LogP contribution is -2.19. The normalized spacial score (nSPS) is 10.4. The van der Waals surface area contributed by atoms with Crippen molar-refractivity contribution < 1.29 is 4.42 Å². The maximum atomic E-state index is 11.4. The van der Waals surface area contributed by atoms with Crippen LogP contribution in [0.5, 0.6) is 0 Å². The Balaban J connectivity index is 2.07. The maximum absolute atomic E-state index is 11.4. The number of oxazole rings is 1. The van der Waals surface area contributed by atoms with Gasteiger partial charge in [0.25, 0.3) is 0 Å². The average molecular weight is 267 g/mol. The molecule has 0 atom stereocenters. The van der Waals surface area contributed by atoms with Crippen molar-refractivity contribution in [3.63, 3.8) is 0 Å². The maximum Gasteiger partial charge on any atom is 0.347 e. The summed E-state index contributed by atoms with van der Waals surface area (Å²) in [4.78, 5) is 23.3. The average Bonchev–Trinajstić information content (AvgIpc) is 2.93. The van der Waals surface area contributed by atoms with E-state index in [1.807, 2.05) is 18.2 Å². The Morgan fingerprint density at radius 1 is 1.40 bits per heavy atom. The Kier molecular flexibility index (Phi) is 2.69. The van der Waals surface area contributed by atoms with Gasteiger partial charge in [-0.15, -0.1) is 0 Å². The van der Waals surface area contributed by atoms with Crippen LogP contribution in [0.25, 0.3) is 11.1 Å². The Hall–Kier alpha value is -3.14. The number of nitrogens with zero attached hydrogens (tertiary/aromatic N) is 4. The molecule has 0 aliphatic carbocycles. The van der Waals surface area contributed by atoms with Crippen molar-refractivity contribution in [1.82, 2.24) is 15.0 Å². The molecular formula is C13H9N5O2. The summed E-state index contributed by atoms with van der Waals surface area (Å²) in [6.07, 6.45) is 1.37. The molecule has 2 heterocycles. The number of nitrogens with one attached hydrogen (secondary N) is 1. The van der Waals surface area contributed by atoms with Gasteiger partial charge in [-0.25, -0.2) is 9.78 Å². The third-order valence-corrected chi connectivity index (χ3v) is 2.90. The number of aromatic nitrogens is 3. The zero-order chi connectivity index (χ0) is 14.1. The summed E-state index contributed by atoms with van der Waals surface area (Å²) in [7, 11) is 1.75. The predicted molar refractivity (Wildman–Crippen MR) is 71.6 cm³/mol. The fourth-order valence-electron chi connectivity index (χ4n) is 1.86. The molecule has 0 saturated heterocycles. The lowest BCUT2D eigenvalue weighted by molar-refractivity contribution is 0.602. The van der Waals surface area contributed by atoms with E-state index in [9.17, 15) is 4.79 Å². The smallest absolute Gasteiger partial charge is 0.347 e. The van der Waals surface area contributed by atoms with Gasteiger partial charge in [-0.3, -0.25) is 4.98 Å². The first-order valence-corrected chi connectivity index (χ1v) is 5.76. The second kappa shape index (κ2) is 4.51. The van der Waals surface area contributed by atoms with Gasteiger partial charge in [-0.2, -0.15) is 10.2 Å². The predicted octanol–water partition coefficient (Wildman–Crippen LogP) is 1.55. The van der Waals surface area contributed by atoms with Crippen LogP contribution < -0.4 is 10.6 Å².